The molecule has 0 spiro atoms. The quantitative estimate of drug-likeness (QED) is 0.716. The van der Waals surface area contributed by atoms with E-state index in [1.165, 1.54) is 6.33 Å². The van der Waals surface area contributed by atoms with Gasteiger partial charge in [0.15, 0.2) is 11.5 Å². The number of fused-ring (bicyclic) bond motifs is 1. The van der Waals surface area contributed by atoms with E-state index in [1.54, 1.807) is 6.33 Å². The minimum atomic E-state index is -4.47. The van der Waals surface area contributed by atoms with Crippen LogP contribution in [0.1, 0.15) is 31.4 Å². The normalized spacial score (nSPS) is 18.4. The summed E-state index contributed by atoms with van der Waals surface area (Å²) in [6, 6.07) is 1.46. The third-order valence-corrected chi connectivity index (χ3v) is 5.51. The van der Waals surface area contributed by atoms with E-state index in [2.05, 4.69) is 39.7 Å². The van der Waals surface area contributed by atoms with Crippen molar-refractivity contribution in [2.75, 3.05) is 22.9 Å². The van der Waals surface area contributed by atoms with E-state index in [9.17, 15) is 13.2 Å². The number of nitrogens with zero attached hydrogens (tertiary/aromatic N) is 7. The Labute approximate surface area is 164 Å². The van der Waals surface area contributed by atoms with Gasteiger partial charge in [-0.2, -0.15) is 13.2 Å². The summed E-state index contributed by atoms with van der Waals surface area (Å²) in [7, 11) is 0. The second-order valence-corrected chi connectivity index (χ2v) is 7.41. The molecule has 1 saturated carbocycles. The Hall–Kier alpha value is -2.98. The zero-order valence-electron chi connectivity index (χ0n) is 15.5. The van der Waals surface area contributed by atoms with Crippen LogP contribution in [-0.2, 0) is 6.18 Å². The first-order valence-electron chi connectivity index (χ1n) is 9.57. The summed E-state index contributed by atoms with van der Waals surface area (Å²) >= 11 is 0. The van der Waals surface area contributed by atoms with Crippen molar-refractivity contribution < 1.29 is 13.2 Å². The van der Waals surface area contributed by atoms with E-state index >= 15 is 0 Å². The predicted molar refractivity (Wildman–Crippen MR) is 99.5 cm³/mol. The summed E-state index contributed by atoms with van der Waals surface area (Å²) < 4.78 is 39.3. The number of nitrogens with one attached hydrogen (secondary N) is 1. The molecule has 29 heavy (non-hydrogen) atoms. The van der Waals surface area contributed by atoms with Crippen molar-refractivity contribution in [2.24, 2.45) is 0 Å². The van der Waals surface area contributed by atoms with Gasteiger partial charge in [-0.25, -0.2) is 24.9 Å². The number of aromatic nitrogens is 6. The maximum Gasteiger partial charge on any atom is 0.433 e. The summed E-state index contributed by atoms with van der Waals surface area (Å²) in [4.78, 5) is 27.6. The molecule has 0 radical (unpaired) electrons. The van der Waals surface area contributed by atoms with Gasteiger partial charge in [0.2, 0.25) is 0 Å². The van der Waals surface area contributed by atoms with Crippen LogP contribution < -0.4 is 9.80 Å². The average Bonchev–Trinajstić information content (AvgIpc) is 3.43. The molecule has 1 aliphatic carbocycles. The van der Waals surface area contributed by atoms with E-state index in [4.69, 9.17) is 0 Å². The highest BCUT2D eigenvalue weighted by atomic mass is 19.4. The molecule has 11 heteroatoms. The van der Waals surface area contributed by atoms with Crippen molar-refractivity contribution in [1.29, 1.82) is 0 Å². The van der Waals surface area contributed by atoms with Crippen LogP contribution in [0.15, 0.2) is 25.0 Å². The minimum absolute atomic E-state index is 0.133. The lowest BCUT2D eigenvalue weighted by molar-refractivity contribution is -0.141. The van der Waals surface area contributed by atoms with Crippen LogP contribution in [0.5, 0.6) is 0 Å². The molecule has 152 valence electrons. The largest absolute Gasteiger partial charge is 0.433 e. The summed E-state index contributed by atoms with van der Waals surface area (Å²) in [6.45, 7) is 1.49. The number of hydrogen-bond acceptors (Lipinski definition) is 7. The van der Waals surface area contributed by atoms with Crippen LogP contribution in [-0.4, -0.2) is 55.1 Å². The molecule has 3 aromatic heterocycles. The van der Waals surface area contributed by atoms with Crippen molar-refractivity contribution in [1.82, 2.24) is 29.9 Å². The molecule has 0 amide bonds. The molecule has 2 aliphatic rings. The molecule has 1 saturated heterocycles. The molecule has 0 aromatic carbocycles. The number of H-pyrrole nitrogens is 1. The third kappa shape index (κ3) is 3.45. The average molecular weight is 404 g/mol. The zero-order valence-corrected chi connectivity index (χ0v) is 15.5. The zero-order chi connectivity index (χ0) is 20.0. The van der Waals surface area contributed by atoms with Gasteiger partial charge in [0.05, 0.1) is 6.33 Å². The fourth-order valence-electron chi connectivity index (χ4n) is 4.02. The van der Waals surface area contributed by atoms with E-state index in [1.807, 2.05) is 0 Å². The van der Waals surface area contributed by atoms with Crippen molar-refractivity contribution >= 4 is 22.8 Å². The maximum absolute atomic E-state index is 13.1. The summed E-state index contributed by atoms with van der Waals surface area (Å²) in [5, 5.41) is 0. The van der Waals surface area contributed by atoms with Crippen LogP contribution >= 0.6 is 0 Å². The van der Waals surface area contributed by atoms with Gasteiger partial charge in [0.25, 0.3) is 0 Å². The van der Waals surface area contributed by atoms with E-state index < -0.39 is 11.9 Å². The molecule has 0 unspecified atom stereocenters. The molecule has 0 bridgehead atoms. The Morgan fingerprint density at radius 3 is 2.38 bits per heavy atom. The number of halogens is 3. The highest BCUT2D eigenvalue weighted by Gasteiger charge is 2.39. The molecule has 0 atom stereocenters. The molecule has 3 aromatic rings. The van der Waals surface area contributed by atoms with Gasteiger partial charge in [-0.05, 0) is 25.7 Å². The Morgan fingerprint density at radius 1 is 0.931 bits per heavy atom. The van der Waals surface area contributed by atoms with Gasteiger partial charge in [-0.3, -0.25) is 0 Å². The first-order chi connectivity index (χ1) is 14.0. The Kier molecular flexibility index (Phi) is 4.25. The lowest BCUT2D eigenvalue weighted by Crippen LogP contribution is -2.46. The molecule has 1 aliphatic heterocycles. The van der Waals surface area contributed by atoms with E-state index in [-0.39, 0.29) is 12.1 Å². The second-order valence-electron chi connectivity index (χ2n) is 7.41. The number of anilines is 2. The summed E-state index contributed by atoms with van der Waals surface area (Å²) in [5.41, 5.74) is 0.529. The number of piperidine rings is 1. The second kappa shape index (κ2) is 6.82. The molecule has 4 heterocycles. The smallest absolute Gasteiger partial charge is 0.355 e. The van der Waals surface area contributed by atoms with Crippen molar-refractivity contribution in [2.45, 2.75) is 43.9 Å². The van der Waals surface area contributed by atoms with Gasteiger partial charge in [-0.15, -0.1) is 0 Å². The van der Waals surface area contributed by atoms with Crippen LogP contribution in [0.3, 0.4) is 0 Å². The number of aromatic amines is 1. The van der Waals surface area contributed by atoms with Crippen LogP contribution in [0, 0.1) is 0 Å². The molecular formula is C18H19F3N8. The maximum atomic E-state index is 13.1. The lowest BCUT2D eigenvalue weighted by atomic mass is 10.0. The van der Waals surface area contributed by atoms with Crippen molar-refractivity contribution in [3.05, 3.63) is 30.7 Å². The SMILES string of the molecule is FC(F)(F)c1cc(N(C2CC2)C2CCN(c3ncnc4nc[nH]c34)CC2)ncn1. The Bertz CT molecular complexity index is 1010. The Balaban J connectivity index is 1.35. The van der Waals surface area contributed by atoms with E-state index in [0.717, 1.165) is 62.5 Å². The standard InChI is InChI=1S/C18H19F3N8/c19-18(20,21)13-7-14(23-8-22-13)29(11-1-2-11)12-3-5-28(6-4-12)17-15-16(25-9-24-15)26-10-27-17/h7-12H,1-6H2,(H,24,25,26,27). The van der Waals surface area contributed by atoms with Crippen LogP contribution in [0.25, 0.3) is 11.2 Å². The predicted octanol–water partition coefficient (Wildman–Crippen LogP) is 2.80. The minimum Gasteiger partial charge on any atom is -0.355 e. The number of imidazole rings is 1. The summed E-state index contributed by atoms with van der Waals surface area (Å²) in [5.74, 6) is 1.18. The Morgan fingerprint density at radius 2 is 1.66 bits per heavy atom. The third-order valence-electron chi connectivity index (χ3n) is 5.51. The highest BCUT2D eigenvalue weighted by Crippen LogP contribution is 2.37. The van der Waals surface area contributed by atoms with Crippen molar-refractivity contribution in [3.8, 4) is 0 Å². The first kappa shape index (κ1) is 18.1. The van der Waals surface area contributed by atoms with Gasteiger partial charge in [0.1, 0.15) is 29.7 Å². The first-order valence-corrected chi connectivity index (χ1v) is 9.57. The molecule has 1 N–H and O–H groups in total. The molecule has 5 rings (SSSR count). The van der Waals surface area contributed by atoms with Gasteiger partial charge >= 0.3 is 6.18 Å². The molecule has 8 nitrogen and oxygen atoms in total. The van der Waals surface area contributed by atoms with Gasteiger partial charge in [-0.1, -0.05) is 0 Å². The van der Waals surface area contributed by atoms with Gasteiger partial charge in [0, 0.05) is 31.2 Å². The fraction of sp³-hybridized carbons (Fsp3) is 0.500. The monoisotopic (exact) mass is 404 g/mol. The van der Waals surface area contributed by atoms with Crippen LogP contribution in [0.2, 0.25) is 0 Å². The highest BCUT2D eigenvalue weighted by molar-refractivity contribution is 5.82. The number of alkyl halides is 3. The number of hydrogen-bond donors (Lipinski definition) is 1. The van der Waals surface area contributed by atoms with Crippen LogP contribution in [0.4, 0.5) is 24.8 Å². The van der Waals surface area contributed by atoms with Crippen molar-refractivity contribution in [3.63, 3.8) is 0 Å². The van der Waals surface area contributed by atoms with Gasteiger partial charge < -0.3 is 14.8 Å². The van der Waals surface area contributed by atoms with E-state index in [0.29, 0.717) is 11.5 Å². The lowest BCUT2D eigenvalue weighted by Gasteiger charge is -2.40. The fourth-order valence-corrected chi connectivity index (χ4v) is 4.02. The molecular weight excluding hydrogens is 385 g/mol. The molecule has 2 fully saturated rings. The summed E-state index contributed by atoms with van der Waals surface area (Å²) in [6.07, 6.45) is 3.21. The number of rotatable bonds is 4. The topological polar surface area (TPSA) is 86.7 Å².